The zero-order valence-electron chi connectivity index (χ0n) is 19.2. The summed E-state index contributed by atoms with van der Waals surface area (Å²) in [6.45, 7) is 2.48. The second-order valence-corrected chi connectivity index (χ2v) is 8.16. The Morgan fingerprint density at radius 3 is 2.42 bits per heavy atom. The highest BCUT2D eigenvalue weighted by molar-refractivity contribution is 5.94. The fourth-order valence-corrected chi connectivity index (χ4v) is 3.56. The number of likely N-dealkylation sites (tertiary alicyclic amines) is 1. The molecule has 0 aromatic carbocycles. The Morgan fingerprint density at radius 1 is 1.12 bits per heavy atom. The second-order valence-electron chi connectivity index (χ2n) is 8.16. The average Bonchev–Trinajstić information content (AvgIpc) is 3.24. The molecule has 11 N–H and O–H groups in total. The third-order valence-electron chi connectivity index (χ3n) is 5.43. The van der Waals surface area contributed by atoms with Gasteiger partial charge in [-0.3, -0.25) is 24.2 Å². The van der Waals surface area contributed by atoms with Crippen LogP contribution >= 0.6 is 0 Å². The average molecular weight is 471 g/mol. The van der Waals surface area contributed by atoms with Crippen LogP contribution in [0.3, 0.4) is 0 Å². The number of nitrogens with zero attached hydrogens (tertiary/aromatic N) is 2. The lowest BCUT2D eigenvalue weighted by molar-refractivity contribution is -0.142. The maximum atomic E-state index is 13.0. The van der Waals surface area contributed by atoms with Crippen molar-refractivity contribution < 1.29 is 24.3 Å². The molecule has 0 spiro atoms. The molecule has 0 bridgehead atoms. The van der Waals surface area contributed by atoms with Gasteiger partial charge in [-0.25, -0.2) is 0 Å². The molecule has 33 heavy (non-hydrogen) atoms. The third-order valence-corrected chi connectivity index (χ3v) is 5.43. The van der Waals surface area contributed by atoms with Crippen LogP contribution in [0.2, 0.25) is 0 Å². The zero-order chi connectivity index (χ0) is 25.0. The van der Waals surface area contributed by atoms with Gasteiger partial charge >= 0.3 is 5.97 Å². The number of carboxylic acid groups (broad SMARTS) is 1. The number of aliphatic carboxylic acids is 1. The molecule has 1 saturated heterocycles. The van der Waals surface area contributed by atoms with Gasteiger partial charge in [-0.05, 0) is 52.0 Å². The molecule has 1 heterocycles. The van der Waals surface area contributed by atoms with Crippen LogP contribution in [-0.4, -0.2) is 83.5 Å². The summed E-state index contributed by atoms with van der Waals surface area (Å²) in [7, 11) is 0. The lowest BCUT2D eigenvalue weighted by Crippen LogP contribution is -2.56. The molecule has 4 unspecified atom stereocenters. The van der Waals surface area contributed by atoms with Gasteiger partial charge < -0.3 is 43.6 Å². The summed E-state index contributed by atoms with van der Waals surface area (Å²) in [5.74, 6) is -2.73. The molecule has 0 radical (unpaired) electrons. The Kier molecular flexibility index (Phi) is 12.1. The van der Waals surface area contributed by atoms with Crippen LogP contribution in [0, 0.1) is 0 Å². The molecule has 1 rings (SSSR count). The van der Waals surface area contributed by atoms with E-state index in [9.17, 15) is 19.2 Å². The normalized spacial score (nSPS) is 18.2. The molecular formula is C20H38N8O5. The molecule has 0 saturated carbocycles. The minimum absolute atomic E-state index is 0.0950. The smallest absolute Gasteiger partial charge is 0.325 e. The summed E-state index contributed by atoms with van der Waals surface area (Å²) in [5.41, 5.74) is 22.1. The predicted octanol–water partition coefficient (Wildman–Crippen LogP) is -2.44. The molecule has 0 aromatic rings. The van der Waals surface area contributed by atoms with Gasteiger partial charge in [0, 0.05) is 13.1 Å². The first-order chi connectivity index (χ1) is 15.6. The maximum Gasteiger partial charge on any atom is 0.325 e. The van der Waals surface area contributed by atoms with Gasteiger partial charge in [-0.1, -0.05) is 6.42 Å². The number of guanidine groups is 1. The van der Waals surface area contributed by atoms with E-state index in [0.717, 1.165) is 6.42 Å². The number of nitrogens with two attached hydrogens (primary N) is 4. The number of carboxylic acids is 1. The summed E-state index contributed by atoms with van der Waals surface area (Å²) in [5, 5.41) is 14.1. The lowest BCUT2D eigenvalue weighted by Gasteiger charge is -2.28. The Bertz CT molecular complexity index is 713. The number of amides is 3. The number of aliphatic imine (C=N–C) groups is 1. The number of rotatable bonds is 14. The molecule has 4 atom stereocenters. The molecule has 0 aliphatic carbocycles. The van der Waals surface area contributed by atoms with Crippen molar-refractivity contribution in [2.45, 2.75) is 76.0 Å². The fourth-order valence-electron chi connectivity index (χ4n) is 3.56. The number of carbonyl (C=O) groups excluding carboxylic acids is 3. The Hall–Kier alpha value is -2.93. The SMILES string of the molecule is CC(NC(=O)C(CCCN=C(N)N)NC(=O)C1CCCN1C(=O)C(N)CCCCN)C(=O)O. The second kappa shape index (κ2) is 14.3. The van der Waals surface area contributed by atoms with Crippen LogP contribution < -0.4 is 33.6 Å². The van der Waals surface area contributed by atoms with Crippen molar-refractivity contribution in [3.05, 3.63) is 0 Å². The minimum Gasteiger partial charge on any atom is -0.480 e. The van der Waals surface area contributed by atoms with Gasteiger partial charge in [0.05, 0.1) is 6.04 Å². The lowest BCUT2D eigenvalue weighted by atomic mass is 10.1. The molecular weight excluding hydrogens is 432 g/mol. The van der Waals surface area contributed by atoms with Crippen molar-refractivity contribution in [2.24, 2.45) is 27.9 Å². The van der Waals surface area contributed by atoms with Crippen LogP contribution in [0.5, 0.6) is 0 Å². The molecule has 1 fully saturated rings. The van der Waals surface area contributed by atoms with Crippen molar-refractivity contribution in [3.8, 4) is 0 Å². The first kappa shape index (κ1) is 28.1. The van der Waals surface area contributed by atoms with Gasteiger partial charge in [0.15, 0.2) is 5.96 Å². The Labute approximate surface area is 193 Å². The van der Waals surface area contributed by atoms with Crippen LogP contribution in [0.15, 0.2) is 4.99 Å². The van der Waals surface area contributed by atoms with Crippen molar-refractivity contribution in [1.82, 2.24) is 15.5 Å². The van der Waals surface area contributed by atoms with E-state index < -0.39 is 42.0 Å². The molecule has 0 aromatic heterocycles. The number of hydrogen-bond acceptors (Lipinski definition) is 7. The van der Waals surface area contributed by atoms with Gasteiger partial charge in [0.1, 0.15) is 18.1 Å². The van der Waals surface area contributed by atoms with Crippen LogP contribution in [0.4, 0.5) is 0 Å². The van der Waals surface area contributed by atoms with Crippen molar-refractivity contribution in [1.29, 1.82) is 0 Å². The third kappa shape index (κ3) is 9.61. The van der Waals surface area contributed by atoms with Gasteiger partial charge in [-0.2, -0.15) is 0 Å². The van der Waals surface area contributed by atoms with Crippen molar-refractivity contribution in [2.75, 3.05) is 19.6 Å². The van der Waals surface area contributed by atoms with Crippen LogP contribution in [-0.2, 0) is 19.2 Å². The summed E-state index contributed by atoms with van der Waals surface area (Å²) in [4.78, 5) is 54.8. The minimum atomic E-state index is -1.20. The summed E-state index contributed by atoms with van der Waals surface area (Å²) >= 11 is 0. The number of hydrogen-bond donors (Lipinski definition) is 7. The highest BCUT2D eigenvalue weighted by Gasteiger charge is 2.37. The van der Waals surface area contributed by atoms with E-state index in [2.05, 4.69) is 15.6 Å². The zero-order valence-corrected chi connectivity index (χ0v) is 19.2. The quantitative estimate of drug-likeness (QED) is 0.0810. The topological polar surface area (TPSA) is 232 Å². The van der Waals surface area contributed by atoms with Crippen molar-refractivity contribution >= 4 is 29.7 Å². The van der Waals surface area contributed by atoms with Gasteiger partial charge in [-0.15, -0.1) is 0 Å². The highest BCUT2D eigenvalue weighted by Crippen LogP contribution is 2.20. The van der Waals surface area contributed by atoms with E-state index in [1.54, 1.807) is 0 Å². The van der Waals surface area contributed by atoms with E-state index >= 15 is 0 Å². The summed E-state index contributed by atoms with van der Waals surface area (Å²) < 4.78 is 0. The highest BCUT2D eigenvalue weighted by atomic mass is 16.4. The fraction of sp³-hybridized carbons (Fsp3) is 0.750. The first-order valence-corrected chi connectivity index (χ1v) is 11.2. The van der Waals surface area contributed by atoms with Gasteiger partial charge in [0.25, 0.3) is 0 Å². The van der Waals surface area contributed by atoms with Crippen LogP contribution in [0.1, 0.15) is 51.9 Å². The van der Waals surface area contributed by atoms with E-state index in [1.165, 1.54) is 11.8 Å². The predicted molar refractivity (Wildman–Crippen MR) is 123 cm³/mol. The number of unbranched alkanes of at least 4 members (excludes halogenated alkanes) is 1. The van der Waals surface area contributed by atoms with Gasteiger partial charge in [0.2, 0.25) is 17.7 Å². The first-order valence-electron chi connectivity index (χ1n) is 11.2. The number of carbonyl (C=O) groups is 4. The maximum absolute atomic E-state index is 13.0. The van der Waals surface area contributed by atoms with Crippen molar-refractivity contribution in [3.63, 3.8) is 0 Å². The monoisotopic (exact) mass is 470 g/mol. The molecule has 13 heteroatoms. The molecule has 3 amide bonds. The summed E-state index contributed by atoms with van der Waals surface area (Å²) in [6, 6.07) is -3.61. The van der Waals surface area contributed by atoms with E-state index in [1.807, 2.05) is 0 Å². The molecule has 1 aliphatic rings. The number of nitrogens with one attached hydrogen (secondary N) is 2. The summed E-state index contributed by atoms with van der Waals surface area (Å²) in [6.07, 6.45) is 3.59. The van der Waals surface area contributed by atoms with E-state index in [-0.39, 0.29) is 24.8 Å². The van der Waals surface area contributed by atoms with Crippen LogP contribution in [0.25, 0.3) is 0 Å². The largest absolute Gasteiger partial charge is 0.480 e. The Morgan fingerprint density at radius 2 is 1.82 bits per heavy atom. The molecule has 13 nitrogen and oxygen atoms in total. The molecule has 188 valence electrons. The standard InChI is InChI=1S/C20H38N8O5/c1-12(19(32)33)26-16(29)14(7-4-10-25-20(23)24)27-17(30)15-8-5-11-28(15)18(31)13(22)6-2-3-9-21/h12-15H,2-11,21-22H2,1H3,(H,26,29)(H,27,30)(H,32,33)(H4,23,24,25). The Balaban J connectivity index is 2.83. The van der Waals surface area contributed by atoms with E-state index in [0.29, 0.717) is 45.2 Å². The molecule has 1 aliphatic heterocycles. The van der Waals surface area contributed by atoms with E-state index in [4.69, 9.17) is 28.0 Å².